The highest BCUT2D eigenvalue weighted by atomic mass is 32.2. The Hall–Kier alpha value is -3.53. The highest BCUT2D eigenvalue weighted by Gasteiger charge is 2.17. The number of amides is 1. The fraction of sp³-hybridized carbons (Fsp3) is 0.143. The number of hydrogen-bond donors (Lipinski definition) is 2. The molecule has 4 aromatic rings. The second kappa shape index (κ2) is 8.31. The van der Waals surface area contributed by atoms with E-state index in [1.54, 1.807) is 0 Å². The number of hydrogen-bond acceptors (Lipinski definition) is 5. The third-order valence-corrected chi connectivity index (χ3v) is 5.54. The zero-order valence-electron chi connectivity index (χ0n) is 16.6. The lowest BCUT2D eigenvalue weighted by Gasteiger charge is -2.13. The van der Waals surface area contributed by atoms with Gasteiger partial charge < -0.3 is 5.32 Å². The van der Waals surface area contributed by atoms with Crippen molar-refractivity contribution < 1.29 is 13.6 Å². The number of benzene rings is 2. The van der Waals surface area contributed by atoms with Crippen molar-refractivity contribution in [1.29, 1.82) is 0 Å². The summed E-state index contributed by atoms with van der Waals surface area (Å²) in [4.78, 5) is 29.8. The molecule has 0 radical (unpaired) electrons. The Bertz CT molecular complexity index is 1370. The van der Waals surface area contributed by atoms with Gasteiger partial charge in [0.15, 0.2) is 22.4 Å². The van der Waals surface area contributed by atoms with Crippen LogP contribution in [0.15, 0.2) is 52.5 Å². The standard InChI is InChI=1S/C21H17F2N5O2S/c1-11-3-6-17(12(2)7-11)25-18(29)10-31-21-26-19-14(9-24-27-19)20(30)28(21)13-4-5-15(22)16(23)8-13/h3-9H,10H2,1-2H3,(H,24,27)(H,25,29). The zero-order chi connectivity index (χ0) is 22.1. The van der Waals surface area contributed by atoms with Crippen LogP contribution < -0.4 is 10.9 Å². The number of aromatic nitrogens is 4. The molecule has 0 aliphatic heterocycles. The number of aryl methyl sites for hydroxylation is 2. The number of thioether (sulfide) groups is 1. The number of nitrogens with zero attached hydrogens (tertiary/aromatic N) is 3. The summed E-state index contributed by atoms with van der Waals surface area (Å²) >= 11 is 0.997. The van der Waals surface area contributed by atoms with E-state index in [4.69, 9.17) is 0 Å². The van der Waals surface area contributed by atoms with Gasteiger partial charge in [-0.1, -0.05) is 29.5 Å². The van der Waals surface area contributed by atoms with E-state index in [2.05, 4.69) is 20.5 Å². The van der Waals surface area contributed by atoms with Crippen molar-refractivity contribution in [2.75, 3.05) is 11.1 Å². The molecule has 0 aliphatic carbocycles. The molecule has 158 valence electrons. The maximum Gasteiger partial charge on any atom is 0.269 e. The summed E-state index contributed by atoms with van der Waals surface area (Å²) in [6, 6.07) is 8.77. The van der Waals surface area contributed by atoms with Crippen molar-refractivity contribution in [2.45, 2.75) is 19.0 Å². The summed E-state index contributed by atoms with van der Waals surface area (Å²) in [6.07, 6.45) is 1.31. The van der Waals surface area contributed by atoms with Gasteiger partial charge in [0.25, 0.3) is 5.56 Å². The molecule has 4 rings (SSSR count). The van der Waals surface area contributed by atoms with Gasteiger partial charge in [0, 0.05) is 11.8 Å². The average molecular weight is 441 g/mol. The van der Waals surface area contributed by atoms with Crippen molar-refractivity contribution in [3.8, 4) is 5.69 Å². The average Bonchev–Trinajstić information content (AvgIpc) is 3.20. The fourth-order valence-electron chi connectivity index (χ4n) is 3.09. The van der Waals surface area contributed by atoms with Gasteiger partial charge in [-0.2, -0.15) is 5.10 Å². The molecule has 0 saturated carbocycles. The molecule has 0 unspecified atom stereocenters. The maximum absolute atomic E-state index is 13.8. The lowest BCUT2D eigenvalue weighted by atomic mass is 10.1. The number of nitrogens with one attached hydrogen (secondary N) is 2. The first-order valence-corrected chi connectivity index (χ1v) is 10.2. The summed E-state index contributed by atoms with van der Waals surface area (Å²) < 4.78 is 28.3. The minimum Gasteiger partial charge on any atom is -0.325 e. The van der Waals surface area contributed by atoms with E-state index in [9.17, 15) is 18.4 Å². The van der Waals surface area contributed by atoms with Crippen molar-refractivity contribution >= 4 is 34.4 Å². The Balaban J connectivity index is 1.65. The summed E-state index contributed by atoms with van der Waals surface area (Å²) in [7, 11) is 0. The normalized spacial score (nSPS) is 11.1. The number of rotatable bonds is 5. The molecular formula is C21H17F2N5O2S. The van der Waals surface area contributed by atoms with Crippen LogP contribution in [0.3, 0.4) is 0 Å². The van der Waals surface area contributed by atoms with Crippen LogP contribution >= 0.6 is 11.8 Å². The molecule has 2 aromatic carbocycles. The van der Waals surface area contributed by atoms with E-state index in [-0.39, 0.29) is 33.5 Å². The molecule has 2 heterocycles. The van der Waals surface area contributed by atoms with Crippen molar-refractivity contribution in [3.05, 3.63) is 75.7 Å². The lowest BCUT2D eigenvalue weighted by molar-refractivity contribution is -0.113. The fourth-order valence-corrected chi connectivity index (χ4v) is 3.90. The molecule has 0 saturated heterocycles. The van der Waals surface area contributed by atoms with Crippen molar-refractivity contribution in [3.63, 3.8) is 0 Å². The first kappa shape index (κ1) is 20.7. The predicted octanol–water partition coefficient (Wildman–Crippen LogP) is 3.73. The molecule has 31 heavy (non-hydrogen) atoms. The molecule has 7 nitrogen and oxygen atoms in total. The monoisotopic (exact) mass is 441 g/mol. The molecule has 2 N–H and O–H groups in total. The van der Waals surface area contributed by atoms with Crippen LogP contribution in [0, 0.1) is 25.5 Å². The van der Waals surface area contributed by atoms with Gasteiger partial charge in [-0.15, -0.1) is 0 Å². The number of H-pyrrole nitrogens is 1. The van der Waals surface area contributed by atoms with Crippen LogP contribution in [0.2, 0.25) is 0 Å². The molecule has 0 fully saturated rings. The first-order valence-electron chi connectivity index (χ1n) is 9.25. The quantitative estimate of drug-likeness (QED) is 0.364. The molecular weight excluding hydrogens is 424 g/mol. The maximum atomic E-state index is 13.8. The summed E-state index contributed by atoms with van der Waals surface area (Å²) in [5.74, 6) is -2.48. The summed E-state index contributed by atoms with van der Waals surface area (Å²) in [5, 5.41) is 9.59. The predicted molar refractivity (Wildman–Crippen MR) is 115 cm³/mol. The van der Waals surface area contributed by atoms with E-state index >= 15 is 0 Å². The zero-order valence-corrected chi connectivity index (χ0v) is 17.4. The first-order chi connectivity index (χ1) is 14.8. The van der Waals surface area contributed by atoms with Crippen molar-refractivity contribution in [1.82, 2.24) is 19.7 Å². The van der Waals surface area contributed by atoms with Gasteiger partial charge in [0.1, 0.15) is 5.39 Å². The largest absolute Gasteiger partial charge is 0.325 e. The topological polar surface area (TPSA) is 92.7 Å². The second-order valence-electron chi connectivity index (χ2n) is 6.92. The van der Waals surface area contributed by atoms with Gasteiger partial charge in [0.05, 0.1) is 17.6 Å². The van der Waals surface area contributed by atoms with E-state index < -0.39 is 17.2 Å². The highest BCUT2D eigenvalue weighted by molar-refractivity contribution is 7.99. The number of anilines is 1. The Labute approximate surface area is 179 Å². The van der Waals surface area contributed by atoms with Crippen LogP contribution in [-0.4, -0.2) is 31.4 Å². The van der Waals surface area contributed by atoms with Crippen LogP contribution in [-0.2, 0) is 4.79 Å². The minimum atomic E-state index is -1.10. The number of aromatic amines is 1. The molecule has 2 aromatic heterocycles. The van der Waals surface area contributed by atoms with Crippen LogP contribution in [0.25, 0.3) is 16.7 Å². The number of fused-ring (bicyclic) bond motifs is 1. The van der Waals surface area contributed by atoms with Crippen LogP contribution in [0.5, 0.6) is 0 Å². The Morgan fingerprint density at radius 1 is 1.16 bits per heavy atom. The van der Waals surface area contributed by atoms with E-state index in [0.717, 1.165) is 39.6 Å². The van der Waals surface area contributed by atoms with E-state index in [1.165, 1.54) is 12.3 Å². The third kappa shape index (κ3) is 4.19. The second-order valence-corrected chi connectivity index (χ2v) is 7.86. The summed E-state index contributed by atoms with van der Waals surface area (Å²) in [5.41, 5.74) is 2.51. The Kier molecular flexibility index (Phi) is 5.55. The van der Waals surface area contributed by atoms with Gasteiger partial charge in [-0.05, 0) is 37.6 Å². The smallest absolute Gasteiger partial charge is 0.269 e. The van der Waals surface area contributed by atoms with Gasteiger partial charge in [-0.3, -0.25) is 19.3 Å². The molecule has 10 heteroatoms. The molecule has 0 spiro atoms. The number of carbonyl (C=O) groups is 1. The van der Waals surface area contributed by atoms with Gasteiger partial charge in [-0.25, -0.2) is 13.8 Å². The Morgan fingerprint density at radius 2 is 1.97 bits per heavy atom. The van der Waals surface area contributed by atoms with Gasteiger partial charge in [0.2, 0.25) is 5.91 Å². The SMILES string of the molecule is Cc1ccc(NC(=O)CSc2nc3[nH]ncc3c(=O)n2-c2ccc(F)c(F)c2)c(C)c1. The van der Waals surface area contributed by atoms with Crippen LogP contribution in [0.1, 0.15) is 11.1 Å². The Morgan fingerprint density at radius 3 is 2.71 bits per heavy atom. The third-order valence-electron chi connectivity index (χ3n) is 4.60. The van der Waals surface area contributed by atoms with Crippen LogP contribution in [0.4, 0.5) is 14.5 Å². The van der Waals surface area contributed by atoms with Gasteiger partial charge >= 0.3 is 0 Å². The van der Waals surface area contributed by atoms with Crippen molar-refractivity contribution in [2.24, 2.45) is 0 Å². The minimum absolute atomic E-state index is 0.0525. The lowest BCUT2D eigenvalue weighted by Crippen LogP contribution is -2.23. The summed E-state index contributed by atoms with van der Waals surface area (Å²) in [6.45, 7) is 3.85. The number of halogens is 2. The van der Waals surface area contributed by atoms with E-state index in [1.807, 2.05) is 32.0 Å². The molecule has 0 atom stereocenters. The van der Waals surface area contributed by atoms with E-state index in [0.29, 0.717) is 5.69 Å². The molecule has 0 bridgehead atoms. The molecule has 0 aliphatic rings. The molecule has 1 amide bonds. The number of carbonyl (C=O) groups excluding carboxylic acids is 1. The highest BCUT2D eigenvalue weighted by Crippen LogP contribution is 2.23.